The van der Waals surface area contributed by atoms with Crippen LogP contribution in [0.2, 0.25) is 0 Å². The highest BCUT2D eigenvalue weighted by atomic mass is 19.4. The summed E-state index contributed by atoms with van der Waals surface area (Å²) >= 11 is 0. The second-order valence-corrected chi connectivity index (χ2v) is 10.2. The number of alkyl halides is 3. The van der Waals surface area contributed by atoms with E-state index >= 15 is 0 Å². The van der Waals surface area contributed by atoms with Crippen molar-refractivity contribution in [1.82, 2.24) is 14.7 Å². The normalized spacial score (nSPS) is 23.7. The van der Waals surface area contributed by atoms with Crippen LogP contribution in [0.15, 0.2) is 30.3 Å². The third-order valence-electron chi connectivity index (χ3n) is 6.65. The first kappa shape index (κ1) is 22.7. The number of rotatable bonds is 3. The molecule has 1 aromatic heterocycles. The highest BCUT2D eigenvalue weighted by Gasteiger charge is 2.48. The molecule has 174 valence electrons. The average molecular weight is 449 g/mol. The minimum atomic E-state index is -4.37. The first-order valence-corrected chi connectivity index (χ1v) is 11.2. The zero-order valence-electron chi connectivity index (χ0n) is 19.0. The topological polar surface area (TPSA) is 50.2 Å². The van der Waals surface area contributed by atoms with Gasteiger partial charge in [-0.3, -0.25) is 4.79 Å². The van der Waals surface area contributed by atoms with Gasteiger partial charge in [0.25, 0.3) is 0 Å². The number of nitrogens with one attached hydrogen (secondary N) is 1. The van der Waals surface area contributed by atoms with E-state index in [1.54, 1.807) is 11.0 Å². The number of amides is 1. The summed E-state index contributed by atoms with van der Waals surface area (Å²) < 4.78 is 42.6. The van der Waals surface area contributed by atoms with Crippen molar-refractivity contribution in [3.05, 3.63) is 47.2 Å². The van der Waals surface area contributed by atoms with E-state index in [4.69, 9.17) is 0 Å². The van der Waals surface area contributed by atoms with Crippen molar-refractivity contribution in [2.24, 2.45) is 5.41 Å². The maximum atomic E-state index is 13.8. The number of anilines is 1. The molecule has 2 aromatic rings. The Morgan fingerprint density at radius 2 is 1.97 bits per heavy atom. The van der Waals surface area contributed by atoms with E-state index in [2.05, 4.69) is 10.4 Å². The molecule has 0 spiro atoms. The van der Waals surface area contributed by atoms with E-state index in [0.717, 1.165) is 15.8 Å². The smallest absolute Gasteiger partial charge is 0.367 e. The summed E-state index contributed by atoms with van der Waals surface area (Å²) in [6, 6.07) is 7.68. The Balaban J connectivity index is 1.50. The van der Waals surface area contributed by atoms with Crippen molar-refractivity contribution in [3.8, 4) is 0 Å². The van der Waals surface area contributed by atoms with Crippen LogP contribution >= 0.6 is 0 Å². The first-order valence-electron chi connectivity index (χ1n) is 11.2. The van der Waals surface area contributed by atoms with E-state index < -0.39 is 12.2 Å². The molecule has 32 heavy (non-hydrogen) atoms. The number of aryl methyl sites for hydroxylation is 1. The maximum absolute atomic E-state index is 13.8. The quantitative estimate of drug-likeness (QED) is 0.712. The third kappa shape index (κ3) is 4.64. The molecule has 0 bridgehead atoms. The van der Waals surface area contributed by atoms with E-state index in [0.29, 0.717) is 37.4 Å². The van der Waals surface area contributed by atoms with Crippen LogP contribution in [-0.2, 0) is 11.2 Å². The van der Waals surface area contributed by atoms with E-state index in [1.165, 1.54) is 0 Å². The van der Waals surface area contributed by atoms with Gasteiger partial charge in [-0.05, 0) is 30.7 Å². The van der Waals surface area contributed by atoms with Gasteiger partial charge in [-0.15, -0.1) is 0 Å². The summed E-state index contributed by atoms with van der Waals surface area (Å²) in [5, 5.41) is 7.66. The lowest BCUT2D eigenvalue weighted by atomic mass is 9.82. The van der Waals surface area contributed by atoms with Crippen molar-refractivity contribution in [3.63, 3.8) is 0 Å². The molecular formula is C24H31F3N4O. The number of carbonyl (C=O) groups is 1. The van der Waals surface area contributed by atoms with Gasteiger partial charge in [0, 0.05) is 31.1 Å². The summed E-state index contributed by atoms with van der Waals surface area (Å²) in [6.07, 6.45) is -3.38. The Hall–Kier alpha value is -2.51. The monoisotopic (exact) mass is 448 g/mol. The largest absolute Gasteiger partial charge is 0.410 e. The molecule has 0 unspecified atom stereocenters. The number of hydrogen-bond acceptors (Lipinski definition) is 3. The molecule has 1 N–H and O–H groups in total. The molecule has 4 rings (SSSR count). The van der Waals surface area contributed by atoms with E-state index in [9.17, 15) is 18.0 Å². The average Bonchev–Trinajstić information content (AvgIpc) is 3.32. The second-order valence-electron chi connectivity index (χ2n) is 10.2. The predicted molar refractivity (Wildman–Crippen MR) is 118 cm³/mol. The fourth-order valence-corrected chi connectivity index (χ4v) is 4.70. The lowest BCUT2D eigenvalue weighted by Crippen LogP contribution is -2.44. The van der Waals surface area contributed by atoms with Crippen LogP contribution in [0, 0.1) is 12.3 Å². The Morgan fingerprint density at radius 3 is 2.62 bits per heavy atom. The summed E-state index contributed by atoms with van der Waals surface area (Å²) in [5.74, 6) is 0.400. The Bertz CT molecular complexity index is 992. The van der Waals surface area contributed by atoms with Crippen LogP contribution in [0.3, 0.4) is 0 Å². The number of carbonyl (C=O) groups excluding carboxylic acids is 1. The molecule has 1 saturated heterocycles. The van der Waals surface area contributed by atoms with Crippen LogP contribution in [0.5, 0.6) is 0 Å². The van der Waals surface area contributed by atoms with Gasteiger partial charge < -0.3 is 10.2 Å². The van der Waals surface area contributed by atoms with Gasteiger partial charge in [0.15, 0.2) is 6.04 Å². The summed E-state index contributed by atoms with van der Waals surface area (Å²) in [6.45, 7) is 8.91. The molecule has 0 aliphatic carbocycles. The molecule has 1 amide bonds. The molecule has 2 aliphatic heterocycles. The van der Waals surface area contributed by atoms with Crippen LogP contribution < -0.4 is 5.32 Å². The second kappa shape index (κ2) is 8.12. The zero-order valence-corrected chi connectivity index (χ0v) is 19.0. The Kier molecular flexibility index (Phi) is 5.75. The number of fused-ring (bicyclic) bond motifs is 1. The van der Waals surface area contributed by atoms with Crippen molar-refractivity contribution in [2.75, 3.05) is 18.4 Å². The zero-order chi connectivity index (χ0) is 23.3. The van der Waals surface area contributed by atoms with Crippen molar-refractivity contribution in [1.29, 1.82) is 0 Å². The fourth-order valence-electron chi connectivity index (χ4n) is 4.70. The standard InChI is InChI=1S/C24H31F3N4O/c1-15-6-5-7-16(10-15)11-22(32)30-9-8-17(14-30)18-12-21-28-19(23(2,3)4)13-20(24(25,26)27)31(21)29-18/h5-7,10,12,17,19-20,28H,8-9,11,13-14H2,1-4H3/t17-,19-,20+/m0/s1. The van der Waals surface area contributed by atoms with Gasteiger partial charge >= 0.3 is 6.18 Å². The number of nitrogens with zero attached hydrogens (tertiary/aromatic N) is 3. The first-order chi connectivity index (χ1) is 14.9. The molecule has 0 radical (unpaired) electrons. The van der Waals surface area contributed by atoms with Crippen molar-refractivity contribution >= 4 is 11.7 Å². The summed E-state index contributed by atoms with van der Waals surface area (Å²) in [5.41, 5.74) is 2.40. The van der Waals surface area contributed by atoms with Crippen LogP contribution in [0.25, 0.3) is 0 Å². The van der Waals surface area contributed by atoms with Gasteiger partial charge in [-0.2, -0.15) is 18.3 Å². The van der Waals surface area contributed by atoms with Gasteiger partial charge in [-0.25, -0.2) is 4.68 Å². The van der Waals surface area contributed by atoms with Crippen LogP contribution in [0.4, 0.5) is 19.0 Å². The molecule has 5 nitrogen and oxygen atoms in total. The summed E-state index contributed by atoms with van der Waals surface area (Å²) in [4.78, 5) is 14.6. The van der Waals surface area contributed by atoms with Crippen molar-refractivity contribution in [2.45, 2.75) is 71.1 Å². The summed E-state index contributed by atoms with van der Waals surface area (Å²) in [7, 11) is 0. The van der Waals surface area contributed by atoms with Gasteiger partial charge in [-0.1, -0.05) is 50.6 Å². The lowest BCUT2D eigenvalue weighted by Gasteiger charge is -2.39. The molecular weight excluding hydrogens is 417 g/mol. The molecule has 1 fully saturated rings. The van der Waals surface area contributed by atoms with Gasteiger partial charge in [0.05, 0.1) is 12.1 Å². The molecule has 0 saturated carbocycles. The SMILES string of the molecule is Cc1cccc(CC(=O)N2CC[C@H](c3cc4n(n3)[C@@H](C(F)(F)F)C[C@@H](C(C)(C)C)N4)C2)c1. The minimum Gasteiger partial charge on any atom is -0.367 e. The lowest BCUT2D eigenvalue weighted by molar-refractivity contribution is -0.175. The number of likely N-dealkylation sites (tertiary alicyclic amines) is 1. The highest BCUT2D eigenvalue weighted by Crippen LogP contribution is 2.44. The fraction of sp³-hybridized carbons (Fsp3) is 0.583. The van der Waals surface area contributed by atoms with Gasteiger partial charge in [0.2, 0.25) is 5.91 Å². The highest BCUT2D eigenvalue weighted by molar-refractivity contribution is 5.79. The van der Waals surface area contributed by atoms with Crippen LogP contribution in [-0.4, -0.2) is 45.9 Å². The van der Waals surface area contributed by atoms with Gasteiger partial charge in [0.1, 0.15) is 5.82 Å². The maximum Gasteiger partial charge on any atom is 0.410 e. The Morgan fingerprint density at radius 1 is 1.22 bits per heavy atom. The predicted octanol–water partition coefficient (Wildman–Crippen LogP) is 5.08. The molecule has 2 aliphatic rings. The Labute approximate surface area is 187 Å². The number of halogens is 3. The van der Waals surface area contributed by atoms with E-state index in [-0.39, 0.29) is 29.7 Å². The van der Waals surface area contributed by atoms with Crippen LogP contribution in [0.1, 0.15) is 62.4 Å². The van der Waals surface area contributed by atoms with E-state index in [1.807, 2.05) is 52.0 Å². The molecule has 1 aromatic carbocycles. The minimum absolute atomic E-state index is 0.0427. The van der Waals surface area contributed by atoms with Crippen molar-refractivity contribution < 1.29 is 18.0 Å². The number of hydrogen-bond donors (Lipinski definition) is 1. The number of benzene rings is 1. The molecule has 3 atom stereocenters. The molecule has 8 heteroatoms. The third-order valence-corrected chi connectivity index (χ3v) is 6.65. The number of aromatic nitrogens is 2. The molecule has 3 heterocycles.